The molecule has 0 unspecified atom stereocenters. The van der Waals surface area contributed by atoms with Gasteiger partial charge in [-0.15, -0.1) is 0 Å². The first kappa shape index (κ1) is 16.8. The molecule has 0 aromatic heterocycles. The summed E-state index contributed by atoms with van der Waals surface area (Å²) < 4.78 is 0. The van der Waals surface area contributed by atoms with Crippen LogP contribution in [-0.2, 0) is 4.79 Å². The summed E-state index contributed by atoms with van der Waals surface area (Å²) in [4.78, 5) is 12.2. The van der Waals surface area contributed by atoms with Crippen molar-refractivity contribution in [1.29, 1.82) is 0 Å². The highest BCUT2D eigenvalue weighted by atomic mass is 35.5. The number of nitrogens with one attached hydrogen (secondary N) is 1. The lowest BCUT2D eigenvalue weighted by atomic mass is 9.77. The van der Waals surface area contributed by atoms with E-state index >= 15 is 0 Å². The van der Waals surface area contributed by atoms with Crippen molar-refractivity contribution >= 4 is 23.2 Å². The van der Waals surface area contributed by atoms with Crippen LogP contribution in [0.25, 0.3) is 0 Å². The molecule has 0 aliphatic heterocycles. The summed E-state index contributed by atoms with van der Waals surface area (Å²) in [5.41, 5.74) is 2.08. The number of carbonyl (C=O) groups excluding carboxylic acids is 1. The predicted molar refractivity (Wildman–Crippen MR) is 97.5 cm³/mol. The molecular formula is C20H22ClNO2. The van der Waals surface area contributed by atoms with Crippen molar-refractivity contribution < 1.29 is 9.90 Å². The third-order valence-corrected chi connectivity index (χ3v) is 5.07. The van der Waals surface area contributed by atoms with Gasteiger partial charge in [-0.25, -0.2) is 0 Å². The predicted octanol–water partition coefficient (Wildman–Crippen LogP) is 5.35. The van der Waals surface area contributed by atoms with Crippen LogP contribution in [0.2, 0.25) is 5.02 Å². The second-order valence-electron chi connectivity index (χ2n) is 6.57. The Bertz CT molecular complexity index is 674. The first-order valence-corrected chi connectivity index (χ1v) is 8.82. The van der Waals surface area contributed by atoms with E-state index in [1.807, 2.05) is 24.3 Å². The second-order valence-corrected chi connectivity index (χ2v) is 7.00. The molecular weight excluding hydrogens is 322 g/mol. The quantitative estimate of drug-likeness (QED) is 0.786. The van der Waals surface area contributed by atoms with E-state index in [0.29, 0.717) is 29.0 Å². The Morgan fingerprint density at radius 2 is 1.62 bits per heavy atom. The van der Waals surface area contributed by atoms with Crippen molar-refractivity contribution in [2.75, 3.05) is 5.32 Å². The van der Waals surface area contributed by atoms with Gasteiger partial charge in [0.15, 0.2) is 0 Å². The van der Waals surface area contributed by atoms with Gasteiger partial charge in [-0.1, -0.05) is 23.7 Å². The molecule has 4 heteroatoms. The standard InChI is InChI=1S/C20H22ClNO2/c21-17-7-9-18(10-8-17)22-20(24)13-14-1-3-15(4-2-14)16-5-11-19(23)12-6-16/h5-12,14-15,23H,1-4,13H2,(H,22,24). The fourth-order valence-electron chi connectivity index (χ4n) is 3.45. The third kappa shape index (κ3) is 4.51. The summed E-state index contributed by atoms with van der Waals surface area (Å²) in [6.45, 7) is 0. The van der Waals surface area contributed by atoms with Crippen molar-refractivity contribution in [2.45, 2.75) is 38.0 Å². The minimum absolute atomic E-state index is 0.0744. The average molecular weight is 344 g/mol. The molecule has 0 heterocycles. The number of carbonyl (C=O) groups is 1. The zero-order valence-corrected chi connectivity index (χ0v) is 14.3. The van der Waals surface area contributed by atoms with E-state index in [1.54, 1.807) is 24.3 Å². The maximum atomic E-state index is 12.2. The molecule has 1 fully saturated rings. The summed E-state index contributed by atoms with van der Waals surface area (Å²) in [5.74, 6) is 1.38. The van der Waals surface area contributed by atoms with Crippen LogP contribution >= 0.6 is 11.6 Å². The van der Waals surface area contributed by atoms with Crippen molar-refractivity contribution in [2.24, 2.45) is 5.92 Å². The van der Waals surface area contributed by atoms with Crippen LogP contribution < -0.4 is 5.32 Å². The van der Waals surface area contributed by atoms with Gasteiger partial charge in [0.25, 0.3) is 0 Å². The van der Waals surface area contributed by atoms with Crippen molar-refractivity contribution in [3.63, 3.8) is 0 Å². The van der Waals surface area contributed by atoms with E-state index in [2.05, 4.69) is 5.32 Å². The number of phenolic OH excluding ortho intramolecular Hbond substituents is 1. The van der Waals surface area contributed by atoms with Crippen LogP contribution in [0.3, 0.4) is 0 Å². The van der Waals surface area contributed by atoms with Crippen LogP contribution in [-0.4, -0.2) is 11.0 Å². The first-order valence-electron chi connectivity index (χ1n) is 8.44. The molecule has 0 atom stereocenters. The van der Waals surface area contributed by atoms with Gasteiger partial charge in [0, 0.05) is 17.1 Å². The molecule has 3 rings (SSSR count). The number of phenols is 1. The normalized spacial score (nSPS) is 20.5. The Kier molecular flexibility index (Phi) is 5.41. The average Bonchev–Trinajstić information content (AvgIpc) is 2.58. The number of hydrogen-bond acceptors (Lipinski definition) is 2. The molecule has 2 N–H and O–H groups in total. The minimum atomic E-state index is 0.0744. The summed E-state index contributed by atoms with van der Waals surface area (Å²) in [7, 11) is 0. The van der Waals surface area contributed by atoms with Gasteiger partial charge in [-0.05, 0) is 79.5 Å². The number of amides is 1. The van der Waals surface area contributed by atoms with E-state index in [1.165, 1.54) is 5.56 Å². The zero-order valence-electron chi connectivity index (χ0n) is 13.5. The lowest BCUT2D eigenvalue weighted by Crippen LogP contribution is -2.20. The molecule has 0 saturated heterocycles. The van der Waals surface area contributed by atoms with Gasteiger partial charge < -0.3 is 10.4 Å². The molecule has 1 aliphatic rings. The smallest absolute Gasteiger partial charge is 0.224 e. The van der Waals surface area contributed by atoms with E-state index in [0.717, 1.165) is 31.4 Å². The SMILES string of the molecule is O=C(CC1CCC(c2ccc(O)cc2)CC1)Nc1ccc(Cl)cc1. The van der Waals surface area contributed by atoms with E-state index in [-0.39, 0.29) is 5.91 Å². The number of benzene rings is 2. The molecule has 2 aromatic carbocycles. The maximum Gasteiger partial charge on any atom is 0.224 e. The molecule has 3 nitrogen and oxygen atoms in total. The zero-order chi connectivity index (χ0) is 16.9. The summed E-state index contributed by atoms with van der Waals surface area (Å²) >= 11 is 5.85. The Morgan fingerprint density at radius 3 is 2.25 bits per heavy atom. The monoisotopic (exact) mass is 343 g/mol. The molecule has 126 valence electrons. The number of anilines is 1. The van der Waals surface area contributed by atoms with E-state index in [9.17, 15) is 9.90 Å². The lowest BCUT2D eigenvalue weighted by Gasteiger charge is -2.28. The summed E-state index contributed by atoms with van der Waals surface area (Å²) in [5, 5.41) is 13.0. The summed E-state index contributed by atoms with van der Waals surface area (Å²) in [6, 6.07) is 14.7. The van der Waals surface area contributed by atoms with Gasteiger partial charge in [-0.2, -0.15) is 0 Å². The van der Waals surface area contributed by atoms with Gasteiger partial charge in [-0.3, -0.25) is 4.79 Å². The fraction of sp³-hybridized carbons (Fsp3) is 0.350. The van der Waals surface area contributed by atoms with Crippen molar-refractivity contribution in [3.05, 3.63) is 59.1 Å². The molecule has 24 heavy (non-hydrogen) atoms. The Morgan fingerprint density at radius 1 is 1.00 bits per heavy atom. The Labute approximate surface area is 147 Å². The van der Waals surface area contributed by atoms with Crippen LogP contribution in [0.5, 0.6) is 5.75 Å². The van der Waals surface area contributed by atoms with Gasteiger partial charge in [0.1, 0.15) is 5.75 Å². The Hall–Kier alpha value is -2.00. The van der Waals surface area contributed by atoms with Gasteiger partial charge >= 0.3 is 0 Å². The Balaban J connectivity index is 1.47. The van der Waals surface area contributed by atoms with Gasteiger partial charge in [0.2, 0.25) is 5.91 Å². The first-order chi connectivity index (χ1) is 11.6. The largest absolute Gasteiger partial charge is 0.508 e. The topological polar surface area (TPSA) is 49.3 Å². The number of halogens is 1. The van der Waals surface area contributed by atoms with Crippen LogP contribution in [0.15, 0.2) is 48.5 Å². The molecule has 1 saturated carbocycles. The third-order valence-electron chi connectivity index (χ3n) is 4.81. The maximum absolute atomic E-state index is 12.2. The second kappa shape index (κ2) is 7.71. The van der Waals surface area contributed by atoms with E-state index < -0.39 is 0 Å². The van der Waals surface area contributed by atoms with E-state index in [4.69, 9.17) is 11.6 Å². The minimum Gasteiger partial charge on any atom is -0.508 e. The number of aromatic hydroxyl groups is 1. The fourth-order valence-corrected chi connectivity index (χ4v) is 3.58. The highest BCUT2D eigenvalue weighted by Crippen LogP contribution is 2.37. The molecule has 0 spiro atoms. The van der Waals surface area contributed by atoms with Crippen LogP contribution in [0.1, 0.15) is 43.6 Å². The van der Waals surface area contributed by atoms with Crippen LogP contribution in [0.4, 0.5) is 5.69 Å². The molecule has 1 amide bonds. The van der Waals surface area contributed by atoms with Crippen molar-refractivity contribution in [1.82, 2.24) is 0 Å². The molecule has 0 radical (unpaired) electrons. The van der Waals surface area contributed by atoms with Gasteiger partial charge in [0.05, 0.1) is 0 Å². The molecule has 0 bridgehead atoms. The highest BCUT2D eigenvalue weighted by molar-refractivity contribution is 6.30. The number of rotatable bonds is 4. The highest BCUT2D eigenvalue weighted by Gasteiger charge is 2.24. The lowest BCUT2D eigenvalue weighted by molar-refractivity contribution is -0.117. The van der Waals surface area contributed by atoms with Crippen molar-refractivity contribution in [3.8, 4) is 5.75 Å². The van der Waals surface area contributed by atoms with Crippen LogP contribution in [0, 0.1) is 5.92 Å². The molecule has 2 aromatic rings. The number of hydrogen-bond donors (Lipinski definition) is 2. The summed E-state index contributed by atoms with van der Waals surface area (Å²) in [6.07, 6.45) is 4.91. The molecule has 1 aliphatic carbocycles.